The Balaban J connectivity index is 1.44. The third-order valence-electron chi connectivity index (χ3n) is 7.56. The van der Waals surface area contributed by atoms with Gasteiger partial charge in [0.1, 0.15) is 23.2 Å². The van der Waals surface area contributed by atoms with Gasteiger partial charge in [-0.3, -0.25) is 18.9 Å². The number of hydrogen-bond acceptors (Lipinski definition) is 9. The molecule has 1 aliphatic heterocycles. The zero-order valence-electron chi connectivity index (χ0n) is 22.2. The van der Waals surface area contributed by atoms with Crippen molar-refractivity contribution < 1.29 is 32.2 Å². The molecule has 1 aromatic heterocycles. The number of carbonyl (C=O) groups is 1. The van der Waals surface area contributed by atoms with Gasteiger partial charge in [0.15, 0.2) is 11.6 Å². The zero-order chi connectivity index (χ0) is 29.4. The Labute approximate surface area is 235 Å². The Hall–Kier alpha value is -3.90. The normalized spacial score (nSPS) is 18.6. The number of hydrogen-bond donors (Lipinski definition) is 2. The van der Waals surface area contributed by atoms with E-state index in [2.05, 4.69) is 9.71 Å². The van der Waals surface area contributed by atoms with Crippen molar-refractivity contribution in [3.63, 3.8) is 0 Å². The van der Waals surface area contributed by atoms with Crippen molar-refractivity contribution in [1.29, 1.82) is 5.26 Å². The second-order valence-electron chi connectivity index (χ2n) is 10.2. The minimum Gasteiger partial charge on any atom is -0.453 e. The molecule has 12 nitrogen and oxygen atoms in total. The molecule has 2 heterocycles. The molecule has 5 rings (SSSR count). The van der Waals surface area contributed by atoms with Crippen molar-refractivity contribution in [2.45, 2.75) is 43.7 Å². The van der Waals surface area contributed by atoms with E-state index in [9.17, 15) is 27.7 Å². The number of ether oxygens (including phenoxy) is 2. The first-order valence-corrected chi connectivity index (χ1v) is 14.4. The van der Waals surface area contributed by atoms with Gasteiger partial charge in [0, 0.05) is 26.4 Å². The van der Waals surface area contributed by atoms with Gasteiger partial charge in [-0.15, -0.1) is 0 Å². The third-order valence-corrected chi connectivity index (χ3v) is 9.04. The number of halogens is 1. The van der Waals surface area contributed by atoms with Crippen LogP contribution >= 0.6 is 0 Å². The lowest BCUT2D eigenvalue weighted by atomic mass is 9.81. The number of carbonyl (C=O) groups excluding carboxylic acids is 1. The lowest BCUT2D eigenvalue weighted by Gasteiger charge is -2.31. The predicted molar refractivity (Wildman–Crippen MR) is 145 cm³/mol. The molecule has 1 atom stereocenters. The summed E-state index contributed by atoms with van der Waals surface area (Å²) in [4.78, 5) is 29.6. The molecule has 14 heteroatoms. The summed E-state index contributed by atoms with van der Waals surface area (Å²) in [6.07, 6.45) is 4.20. The highest BCUT2D eigenvalue weighted by molar-refractivity contribution is 7.90. The highest BCUT2D eigenvalue weighted by atomic mass is 32.2. The summed E-state index contributed by atoms with van der Waals surface area (Å²) in [7, 11) is -2.92. The second-order valence-corrected chi connectivity index (χ2v) is 12.0. The topological polar surface area (TPSA) is 164 Å². The monoisotopic (exact) mass is 585 g/mol. The molecule has 1 saturated heterocycles. The average molecular weight is 586 g/mol. The maximum atomic E-state index is 14.9. The number of likely N-dealkylation sites (N-methyl/N-ethyl adjacent to an activating group) is 1. The van der Waals surface area contributed by atoms with Crippen LogP contribution in [0.15, 0.2) is 41.5 Å². The Morgan fingerprint density at radius 1 is 1.29 bits per heavy atom. The van der Waals surface area contributed by atoms with Gasteiger partial charge in [0.05, 0.1) is 47.8 Å². The molecule has 1 saturated carbocycles. The van der Waals surface area contributed by atoms with E-state index in [1.807, 2.05) is 0 Å². The molecule has 2 N–H and O–H groups in total. The standard InChI is InChI=1S/C27H28FN5O7S/c1-32(10-11-34)41(37,38)31-24-5-3-22(28)25(21(24)14-29)40-19-2-4-23-20(12-19)26(36)33(16-30-23)17-13-27(39-15-17)8-6-18(35)7-9-27/h2-5,12,16-17,31,34H,6-11,13,15H2,1H3/t17-/m1/s1. The minimum absolute atomic E-state index is 0.0342. The van der Waals surface area contributed by atoms with E-state index in [1.165, 1.54) is 36.1 Å². The molecule has 41 heavy (non-hydrogen) atoms. The Bertz CT molecular complexity index is 1710. The van der Waals surface area contributed by atoms with Gasteiger partial charge in [0.25, 0.3) is 5.56 Å². The maximum Gasteiger partial charge on any atom is 0.301 e. The SMILES string of the molecule is CN(CCO)S(=O)(=O)Nc1ccc(F)c(Oc2ccc3ncn([C@H]4COC5(CCC(=O)CC5)C4)c(=O)c3c2)c1C#N. The molecule has 216 valence electrons. The second kappa shape index (κ2) is 11.2. The maximum absolute atomic E-state index is 14.9. The molecular formula is C27H28FN5O7S. The number of nitrogens with zero attached hydrogens (tertiary/aromatic N) is 4. The zero-order valence-corrected chi connectivity index (χ0v) is 23.0. The van der Waals surface area contributed by atoms with Crippen LogP contribution in [0.3, 0.4) is 0 Å². The lowest BCUT2D eigenvalue weighted by molar-refractivity contribution is -0.126. The summed E-state index contributed by atoms with van der Waals surface area (Å²) in [5.74, 6) is -1.20. The first-order valence-electron chi connectivity index (χ1n) is 13.0. The molecule has 2 fully saturated rings. The van der Waals surface area contributed by atoms with E-state index in [4.69, 9.17) is 14.6 Å². The molecule has 0 radical (unpaired) electrons. The number of anilines is 1. The van der Waals surface area contributed by atoms with Gasteiger partial charge in [-0.25, -0.2) is 9.37 Å². The number of aromatic nitrogens is 2. The van der Waals surface area contributed by atoms with E-state index >= 15 is 0 Å². The van der Waals surface area contributed by atoms with Crippen molar-refractivity contribution in [2.24, 2.45) is 0 Å². The first-order chi connectivity index (χ1) is 19.6. The summed E-state index contributed by atoms with van der Waals surface area (Å²) in [6, 6.07) is 7.91. The number of nitriles is 1. The number of rotatable bonds is 8. The molecule has 0 amide bonds. The number of aliphatic hydroxyl groups excluding tert-OH is 1. The largest absolute Gasteiger partial charge is 0.453 e. The predicted octanol–water partition coefficient (Wildman–Crippen LogP) is 2.62. The van der Waals surface area contributed by atoms with Crippen LogP contribution in [0.4, 0.5) is 10.1 Å². The van der Waals surface area contributed by atoms with E-state index in [0.717, 1.165) is 16.4 Å². The van der Waals surface area contributed by atoms with Gasteiger partial charge in [-0.05, 0) is 49.6 Å². The Morgan fingerprint density at radius 3 is 2.76 bits per heavy atom. The Morgan fingerprint density at radius 2 is 2.05 bits per heavy atom. The van der Waals surface area contributed by atoms with E-state index in [1.54, 1.807) is 6.07 Å². The number of fused-ring (bicyclic) bond motifs is 1. The first kappa shape index (κ1) is 28.6. The summed E-state index contributed by atoms with van der Waals surface area (Å²) in [6.45, 7) is -0.309. The molecule has 2 aliphatic rings. The average Bonchev–Trinajstić information content (AvgIpc) is 3.36. The van der Waals surface area contributed by atoms with E-state index in [-0.39, 0.29) is 40.8 Å². The molecule has 2 aromatic carbocycles. The summed E-state index contributed by atoms with van der Waals surface area (Å²) >= 11 is 0. The van der Waals surface area contributed by atoms with Crippen molar-refractivity contribution in [1.82, 2.24) is 13.9 Å². The highest BCUT2D eigenvalue weighted by Gasteiger charge is 2.43. The van der Waals surface area contributed by atoms with Crippen molar-refractivity contribution in [3.05, 3.63) is 58.4 Å². The summed E-state index contributed by atoms with van der Waals surface area (Å²) < 4.78 is 56.3. The number of ketones is 1. The van der Waals surface area contributed by atoms with Gasteiger partial charge < -0.3 is 14.6 Å². The molecule has 3 aromatic rings. The van der Waals surface area contributed by atoms with E-state index < -0.39 is 39.5 Å². The molecule has 0 unspecified atom stereocenters. The van der Waals surface area contributed by atoms with Crippen molar-refractivity contribution >= 4 is 32.6 Å². The summed E-state index contributed by atoms with van der Waals surface area (Å²) in [5, 5.41) is 19.0. The highest BCUT2D eigenvalue weighted by Crippen LogP contribution is 2.42. The van der Waals surface area contributed by atoms with Gasteiger partial charge in [0.2, 0.25) is 0 Å². The van der Waals surface area contributed by atoms with Gasteiger partial charge >= 0.3 is 10.2 Å². The van der Waals surface area contributed by atoms with Crippen LogP contribution in [0, 0.1) is 17.1 Å². The number of Topliss-reactive ketones (excluding diaryl/α,β-unsaturated/α-hetero) is 1. The van der Waals surface area contributed by atoms with Crippen molar-refractivity contribution in [2.75, 3.05) is 31.5 Å². The quantitative estimate of drug-likeness (QED) is 0.404. The fraction of sp³-hybridized carbons (Fsp3) is 0.407. The Kier molecular flexibility index (Phi) is 7.80. The van der Waals surface area contributed by atoms with Crippen LogP contribution in [0.5, 0.6) is 11.5 Å². The van der Waals surface area contributed by atoms with Crippen LogP contribution in [0.1, 0.15) is 43.7 Å². The molecule has 1 aliphatic carbocycles. The number of benzene rings is 2. The molecule has 1 spiro atoms. The van der Waals surface area contributed by atoms with Crippen LogP contribution in [-0.4, -0.2) is 65.6 Å². The van der Waals surface area contributed by atoms with Crippen LogP contribution < -0.4 is 15.0 Å². The number of aliphatic hydroxyl groups is 1. The fourth-order valence-electron chi connectivity index (χ4n) is 5.22. The van der Waals surface area contributed by atoms with Crippen LogP contribution in [-0.2, 0) is 19.7 Å². The van der Waals surface area contributed by atoms with E-state index in [0.29, 0.717) is 44.2 Å². The smallest absolute Gasteiger partial charge is 0.301 e. The van der Waals surface area contributed by atoms with Crippen molar-refractivity contribution in [3.8, 4) is 17.6 Å². The molecule has 0 bridgehead atoms. The molecular weight excluding hydrogens is 557 g/mol. The summed E-state index contributed by atoms with van der Waals surface area (Å²) in [5.41, 5.74) is -1.04. The lowest BCUT2D eigenvalue weighted by Crippen LogP contribution is -2.34. The fourth-order valence-corrected chi connectivity index (χ4v) is 6.15. The minimum atomic E-state index is -4.16. The van der Waals surface area contributed by atoms with Gasteiger partial charge in [-0.1, -0.05) is 0 Å². The third kappa shape index (κ3) is 5.66. The van der Waals surface area contributed by atoms with Crippen LogP contribution in [0.2, 0.25) is 0 Å². The van der Waals surface area contributed by atoms with Crippen LogP contribution in [0.25, 0.3) is 10.9 Å². The number of nitrogens with one attached hydrogen (secondary N) is 1. The van der Waals surface area contributed by atoms with Gasteiger partial charge in [-0.2, -0.15) is 18.0 Å².